The number of anilines is 1. The van der Waals surface area contributed by atoms with Gasteiger partial charge in [-0.25, -0.2) is 27.5 Å². The standard InChI is InChI=1S/C18H27N5O3S/c1-13-19-12-16(17(20-13)14-4-5-14)21-18(24)22-10-6-15(7-11-22)27(25,26)23-8-2-3-9-23/h12,14-15H,2-11H2,1H3,(H,21,24). The number of rotatable bonds is 4. The van der Waals surface area contributed by atoms with Crippen LogP contribution in [0, 0.1) is 6.92 Å². The van der Waals surface area contributed by atoms with E-state index in [1.807, 2.05) is 6.92 Å². The highest BCUT2D eigenvalue weighted by molar-refractivity contribution is 7.89. The zero-order valence-corrected chi connectivity index (χ0v) is 16.5. The van der Waals surface area contributed by atoms with Gasteiger partial charge in [0, 0.05) is 32.1 Å². The quantitative estimate of drug-likeness (QED) is 0.845. The van der Waals surface area contributed by atoms with Gasteiger partial charge >= 0.3 is 6.03 Å². The van der Waals surface area contributed by atoms with Crippen LogP contribution in [0.2, 0.25) is 0 Å². The Morgan fingerprint density at radius 3 is 2.41 bits per heavy atom. The molecule has 1 aromatic heterocycles. The van der Waals surface area contributed by atoms with Crippen molar-refractivity contribution < 1.29 is 13.2 Å². The van der Waals surface area contributed by atoms with E-state index in [0.717, 1.165) is 31.4 Å². The second-order valence-corrected chi connectivity index (χ2v) is 9.97. The highest BCUT2D eigenvalue weighted by Gasteiger charge is 2.37. The first-order chi connectivity index (χ1) is 12.9. The van der Waals surface area contributed by atoms with Gasteiger partial charge in [-0.05, 0) is 45.4 Å². The molecular formula is C18H27N5O3S. The summed E-state index contributed by atoms with van der Waals surface area (Å²) in [6.45, 7) is 4.04. The summed E-state index contributed by atoms with van der Waals surface area (Å²) < 4.78 is 27.0. The molecule has 1 N–H and O–H groups in total. The number of hydrogen-bond acceptors (Lipinski definition) is 5. The normalized spacial score (nSPS) is 22.2. The summed E-state index contributed by atoms with van der Waals surface area (Å²) in [6.07, 6.45) is 6.75. The van der Waals surface area contributed by atoms with E-state index in [0.29, 0.717) is 56.5 Å². The number of aryl methyl sites for hydroxylation is 1. The SMILES string of the molecule is Cc1ncc(NC(=O)N2CCC(S(=O)(=O)N3CCCC3)CC2)c(C2CC2)n1. The molecule has 1 aromatic rings. The van der Waals surface area contributed by atoms with Crippen LogP contribution >= 0.6 is 0 Å². The maximum absolute atomic E-state index is 12.7. The van der Waals surface area contributed by atoms with Gasteiger partial charge in [0.1, 0.15) is 5.82 Å². The molecule has 0 unspecified atom stereocenters. The average Bonchev–Trinajstić information content (AvgIpc) is 3.35. The van der Waals surface area contributed by atoms with Crippen LogP contribution in [0.1, 0.15) is 56.0 Å². The minimum Gasteiger partial charge on any atom is -0.324 e. The maximum atomic E-state index is 12.7. The third-order valence-corrected chi connectivity index (χ3v) is 8.12. The molecule has 4 rings (SSSR count). The average molecular weight is 394 g/mol. The number of amides is 2. The monoisotopic (exact) mass is 393 g/mol. The molecule has 148 valence electrons. The van der Waals surface area contributed by atoms with Crippen molar-refractivity contribution in [2.24, 2.45) is 0 Å². The van der Waals surface area contributed by atoms with Crippen LogP contribution in [-0.4, -0.2) is 65.1 Å². The molecule has 0 radical (unpaired) electrons. The van der Waals surface area contributed by atoms with E-state index in [9.17, 15) is 13.2 Å². The Balaban J connectivity index is 1.37. The van der Waals surface area contributed by atoms with Gasteiger partial charge in [-0.3, -0.25) is 0 Å². The van der Waals surface area contributed by atoms with E-state index in [2.05, 4.69) is 15.3 Å². The molecule has 1 aliphatic carbocycles. The largest absolute Gasteiger partial charge is 0.324 e. The summed E-state index contributed by atoms with van der Waals surface area (Å²) in [5.41, 5.74) is 1.60. The van der Waals surface area contributed by atoms with Crippen molar-refractivity contribution in [1.82, 2.24) is 19.2 Å². The smallest absolute Gasteiger partial charge is 0.321 e. The molecule has 3 aliphatic rings. The Morgan fingerprint density at radius 2 is 1.78 bits per heavy atom. The second kappa shape index (κ2) is 7.35. The molecule has 0 bridgehead atoms. The van der Waals surface area contributed by atoms with Crippen molar-refractivity contribution in [3.63, 3.8) is 0 Å². The first kappa shape index (κ1) is 18.6. The minimum atomic E-state index is -3.23. The lowest BCUT2D eigenvalue weighted by Crippen LogP contribution is -2.47. The van der Waals surface area contributed by atoms with Crippen molar-refractivity contribution in [1.29, 1.82) is 0 Å². The summed E-state index contributed by atoms with van der Waals surface area (Å²) in [5.74, 6) is 1.13. The van der Waals surface area contributed by atoms with Crippen LogP contribution in [0.5, 0.6) is 0 Å². The van der Waals surface area contributed by atoms with E-state index >= 15 is 0 Å². The third-order valence-electron chi connectivity index (χ3n) is 5.72. The first-order valence-corrected chi connectivity index (χ1v) is 11.3. The Morgan fingerprint density at radius 1 is 1.11 bits per heavy atom. The lowest BCUT2D eigenvalue weighted by Gasteiger charge is -2.33. The topological polar surface area (TPSA) is 95.5 Å². The number of nitrogens with one attached hydrogen (secondary N) is 1. The van der Waals surface area contributed by atoms with E-state index in [-0.39, 0.29) is 11.3 Å². The molecule has 0 spiro atoms. The lowest BCUT2D eigenvalue weighted by molar-refractivity contribution is 0.199. The minimum absolute atomic E-state index is 0.193. The number of aromatic nitrogens is 2. The van der Waals surface area contributed by atoms with Crippen LogP contribution in [0.3, 0.4) is 0 Å². The van der Waals surface area contributed by atoms with E-state index in [1.54, 1.807) is 15.4 Å². The van der Waals surface area contributed by atoms with Crippen molar-refractivity contribution in [2.45, 2.75) is 56.6 Å². The zero-order chi connectivity index (χ0) is 19.0. The molecule has 2 aliphatic heterocycles. The number of sulfonamides is 1. The van der Waals surface area contributed by atoms with Crippen molar-refractivity contribution in [3.8, 4) is 0 Å². The van der Waals surface area contributed by atoms with Gasteiger partial charge in [0.15, 0.2) is 0 Å². The number of hydrogen-bond donors (Lipinski definition) is 1. The number of carbonyl (C=O) groups excluding carboxylic acids is 1. The highest BCUT2D eigenvalue weighted by atomic mass is 32.2. The number of piperidine rings is 1. The summed E-state index contributed by atoms with van der Waals surface area (Å²) in [5, 5.41) is 2.57. The van der Waals surface area contributed by atoms with Gasteiger partial charge < -0.3 is 10.2 Å². The summed E-state index contributed by atoms with van der Waals surface area (Å²) in [4.78, 5) is 23.1. The fourth-order valence-electron chi connectivity index (χ4n) is 3.96. The second-order valence-electron chi connectivity index (χ2n) is 7.76. The van der Waals surface area contributed by atoms with E-state index < -0.39 is 10.0 Å². The number of likely N-dealkylation sites (tertiary alicyclic amines) is 1. The van der Waals surface area contributed by atoms with Crippen LogP contribution in [-0.2, 0) is 10.0 Å². The maximum Gasteiger partial charge on any atom is 0.321 e. The van der Waals surface area contributed by atoms with Gasteiger partial charge in [0.2, 0.25) is 10.0 Å². The Hall–Kier alpha value is -1.74. The molecule has 8 nitrogen and oxygen atoms in total. The number of nitrogens with zero attached hydrogens (tertiary/aromatic N) is 4. The summed E-state index contributed by atoms with van der Waals surface area (Å²) in [7, 11) is -3.23. The Kier molecular flexibility index (Phi) is 5.07. The predicted molar refractivity (Wildman–Crippen MR) is 102 cm³/mol. The number of carbonyl (C=O) groups is 1. The van der Waals surface area contributed by atoms with Crippen LogP contribution in [0.25, 0.3) is 0 Å². The zero-order valence-electron chi connectivity index (χ0n) is 15.7. The Bertz CT molecular complexity index is 810. The third kappa shape index (κ3) is 3.94. The van der Waals surface area contributed by atoms with Crippen molar-refractivity contribution >= 4 is 21.7 Å². The van der Waals surface area contributed by atoms with Gasteiger partial charge in [0.05, 0.1) is 22.8 Å². The molecule has 3 heterocycles. The van der Waals surface area contributed by atoms with Gasteiger partial charge in [-0.1, -0.05) is 0 Å². The Labute approximate surface area is 160 Å². The van der Waals surface area contributed by atoms with Crippen LogP contribution < -0.4 is 5.32 Å². The molecule has 9 heteroatoms. The molecule has 2 saturated heterocycles. The molecule has 0 atom stereocenters. The van der Waals surface area contributed by atoms with Crippen molar-refractivity contribution in [3.05, 3.63) is 17.7 Å². The summed E-state index contributed by atoms with van der Waals surface area (Å²) in [6, 6.07) is -0.193. The predicted octanol–water partition coefficient (Wildman–Crippen LogP) is 2.08. The lowest BCUT2D eigenvalue weighted by atomic mass is 10.1. The molecule has 27 heavy (non-hydrogen) atoms. The molecule has 0 aromatic carbocycles. The van der Waals surface area contributed by atoms with E-state index in [1.165, 1.54) is 0 Å². The summed E-state index contributed by atoms with van der Waals surface area (Å²) >= 11 is 0. The van der Waals surface area contributed by atoms with Gasteiger partial charge in [0.25, 0.3) is 0 Å². The van der Waals surface area contributed by atoms with Crippen LogP contribution in [0.15, 0.2) is 6.20 Å². The van der Waals surface area contributed by atoms with Gasteiger partial charge in [-0.2, -0.15) is 0 Å². The fourth-order valence-corrected chi connectivity index (χ4v) is 5.95. The first-order valence-electron chi connectivity index (χ1n) is 9.83. The molecule has 3 fully saturated rings. The molecule has 2 amide bonds. The molecular weight excluding hydrogens is 366 g/mol. The van der Waals surface area contributed by atoms with Crippen molar-refractivity contribution in [2.75, 3.05) is 31.5 Å². The van der Waals surface area contributed by atoms with E-state index in [4.69, 9.17) is 0 Å². The highest BCUT2D eigenvalue weighted by Crippen LogP contribution is 2.42. The fraction of sp³-hybridized carbons (Fsp3) is 0.722. The van der Waals surface area contributed by atoms with Gasteiger partial charge in [-0.15, -0.1) is 0 Å². The van der Waals surface area contributed by atoms with Crippen LogP contribution in [0.4, 0.5) is 10.5 Å². The number of urea groups is 1. The molecule has 1 saturated carbocycles.